The number of aromatic amines is 1. The number of aliphatic carboxylic acids is 1. The standard InChI is InChI=1S/C11H12N2O2S/c1-6-3-8-9(4-7(6)2)13-11(12-8)16-5-10(14)15/h3-4H,5H2,1-2H3,(H,12,13)(H,14,15)/p-1. The number of H-pyrrole nitrogens is 1. The molecule has 1 heterocycles. The van der Waals surface area contributed by atoms with Crippen molar-refractivity contribution in [3.63, 3.8) is 0 Å². The second-order valence-corrected chi connectivity index (χ2v) is 4.62. The lowest BCUT2D eigenvalue weighted by Gasteiger charge is -1.97. The molecule has 0 atom stereocenters. The van der Waals surface area contributed by atoms with Crippen LogP contribution in [-0.4, -0.2) is 21.7 Å². The molecular formula is C11H11N2O2S-. The van der Waals surface area contributed by atoms with Crippen LogP contribution >= 0.6 is 11.8 Å². The van der Waals surface area contributed by atoms with Gasteiger partial charge in [0.1, 0.15) is 0 Å². The van der Waals surface area contributed by atoms with Crippen molar-refractivity contribution in [1.29, 1.82) is 0 Å². The zero-order chi connectivity index (χ0) is 11.7. The lowest BCUT2D eigenvalue weighted by atomic mass is 10.1. The maximum absolute atomic E-state index is 10.3. The lowest BCUT2D eigenvalue weighted by molar-refractivity contribution is -0.301. The van der Waals surface area contributed by atoms with Gasteiger partial charge in [-0.3, -0.25) is 0 Å². The number of imidazole rings is 1. The minimum atomic E-state index is -1.09. The van der Waals surface area contributed by atoms with Crippen LogP contribution < -0.4 is 5.11 Å². The predicted octanol–water partition coefficient (Wildman–Crippen LogP) is 1.02. The number of aryl methyl sites for hydroxylation is 2. The average molecular weight is 235 g/mol. The van der Waals surface area contributed by atoms with E-state index in [-0.39, 0.29) is 5.75 Å². The molecule has 0 aliphatic heterocycles. The molecule has 2 aromatic rings. The van der Waals surface area contributed by atoms with E-state index >= 15 is 0 Å². The summed E-state index contributed by atoms with van der Waals surface area (Å²) in [6, 6.07) is 4.00. The topological polar surface area (TPSA) is 68.8 Å². The predicted molar refractivity (Wildman–Crippen MR) is 61.3 cm³/mol. The Labute approximate surface area is 97.1 Å². The first-order chi connectivity index (χ1) is 7.56. The summed E-state index contributed by atoms with van der Waals surface area (Å²) in [4.78, 5) is 17.7. The number of rotatable bonds is 3. The fourth-order valence-corrected chi connectivity index (χ4v) is 2.04. The molecule has 5 heteroatoms. The van der Waals surface area contributed by atoms with Gasteiger partial charge in [0.25, 0.3) is 0 Å². The Hall–Kier alpha value is -1.49. The molecule has 0 radical (unpaired) electrons. The van der Waals surface area contributed by atoms with Crippen LogP contribution in [-0.2, 0) is 4.79 Å². The van der Waals surface area contributed by atoms with E-state index in [1.54, 1.807) is 0 Å². The lowest BCUT2D eigenvalue weighted by Crippen LogP contribution is -2.24. The summed E-state index contributed by atoms with van der Waals surface area (Å²) in [5, 5.41) is 10.9. The van der Waals surface area contributed by atoms with E-state index in [4.69, 9.17) is 0 Å². The third-order valence-corrected chi connectivity index (χ3v) is 3.25. The van der Waals surface area contributed by atoms with E-state index in [1.165, 1.54) is 11.1 Å². The quantitative estimate of drug-likeness (QED) is 0.806. The Balaban J connectivity index is 2.33. The maximum Gasteiger partial charge on any atom is 0.166 e. The Bertz CT molecular complexity index is 509. The van der Waals surface area contributed by atoms with E-state index in [1.807, 2.05) is 26.0 Å². The zero-order valence-electron chi connectivity index (χ0n) is 9.03. The molecule has 1 N–H and O–H groups in total. The summed E-state index contributed by atoms with van der Waals surface area (Å²) in [5.41, 5.74) is 4.16. The molecule has 0 saturated heterocycles. The number of fused-ring (bicyclic) bond motifs is 1. The molecule has 0 aliphatic rings. The highest BCUT2D eigenvalue weighted by molar-refractivity contribution is 7.99. The first-order valence-electron chi connectivity index (χ1n) is 4.86. The fraction of sp³-hybridized carbons (Fsp3) is 0.273. The van der Waals surface area contributed by atoms with Crippen LogP contribution in [0.2, 0.25) is 0 Å². The van der Waals surface area contributed by atoms with E-state index in [0.29, 0.717) is 5.16 Å². The van der Waals surface area contributed by atoms with E-state index in [9.17, 15) is 9.90 Å². The minimum absolute atomic E-state index is 0.0855. The van der Waals surface area contributed by atoms with Gasteiger partial charge in [-0.25, -0.2) is 4.98 Å². The third-order valence-electron chi connectivity index (χ3n) is 2.40. The van der Waals surface area contributed by atoms with Crippen LogP contribution in [0.25, 0.3) is 11.0 Å². The monoisotopic (exact) mass is 235 g/mol. The Morgan fingerprint density at radius 2 is 2.12 bits per heavy atom. The third kappa shape index (κ3) is 2.19. The normalized spacial score (nSPS) is 10.9. The van der Waals surface area contributed by atoms with Crippen molar-refractivity contribution in [3.05, 3.63) is 23.3 Å². The maximum atomic E-state index is 10.3. The second kappa shape index (κ2) is 4.17. The molecule has 0 saturated carbocycles. The SMILES string of the molecule is Cc1cc2nc(SCC(=O)[O-])[nH]c2cc1C. The highest BCUT2D eigenvalue weighted by Crippen LogP contribution is 2.21. The van der Waals surface area contributed by atoms with Crippen molar-refractivity contribution in [2.24, 2.45) is 0 Å². The van der Waals surface area contributed by atoms with Crippen molar-refractivity contribution < 1.29 is 9.90 Å². The minimum Gasteiger partial charge on any atom is -0.549 e. The van der Waals surface area contributed by atoms with E-state index < -0.39 is 5.97 Å². The molecule has 0 spiro atoms. The number of carbonyl (C=O) groups excluding carboxylic acids is 1. The first-order valence-corrected chi connectivity index (χ1v) is 5.84. The van der Waals surface area contributed by atoms with Crippen molar-refractivity contribution >= 4 is 28.8 Å². The second-order valence-electron chi connectivity index (χ2n) is 3.66. The Kier molecular flexibility index (Phi) is 2.87. The summed E-state index contributed by atoms with van der Waals surface area (Å²) < 4.78 is 0. The molecule has 0 amide bonds. The summed E-state index contributed by atoms with van der Waals surface area (Å²) in [6.07, 6.45) is 0. The molecular weight excluding hydrogens is 224 g/mol. The van der Waals surface area contributed by atoms with Gasteiger partial charge in [0, 0.05) is 5.75 Å². The van der Waals surface area contributed by atoms with Gasteiger partial charge in [0.15, 0.2) is 5.16 Å². The zero-order valence-corrected chi connectivity index (χ0v) is 9.85. The van der Waals surface area contributed by atoms with Crippen molar-refractivity contribution in [3.8, 4) is 0 Å². The molecule has 0 bridgehead atoms. The fourth-order valence-electron chi connectivity index (χ4n) is 1.44. The van der Waals surface area contributed by atoms with E-state index in [0.717, 1.165) is 22.8 Å². The molecule has 0 fully saturated rings. The molecule has 1 aromatic heterocycles. The molecule has 16 heavy (non-hydrogen) atoms. The molecule has 0 unspecified atom stereocenters. The summed E-state index contributed by atoms with van der Waals surface area (Å²) in [5.74, 6) is -1.17. The number of hydrogen-bond acceptors (Lipinski definition) is 4. The van der Waals surface area contributed by atoms with Gasteiger partial charge >= 0.3 is 0 Å². The molecule has 4 nitrogen and oxygen atoms in total. The molecule has 84 valence electrons. The Morgan fingerprint density at radius 3 is 2.81 bits per heavy atom. The highest BCUT2D eigenvalue weighted by atomic mass is 32.2. The van der Waals surface area contributed by atoms with E-state index in [2.05, 4.69) is 9.97 Å². The number of thioether (sulfide) groups is 1. The highest BCUT2D eigenvalue weighted by Gasteiger charge is 2.05. The number of nitrogens with one attached hydrogen (secondary N) is 1. The van der Waals surface area contributed by atoms with Crippen molar-refractivity contribution in [1.82, 2.24) is 9.97 Å². The summed E-state index contributed by atoms with van der Waals surface area (Å²) in [7, 11) is 0. The van der Waals surface area contributed by atoms with Crippen LogP contribution in [0.5, 0.6) is 0 Å². The van der Waals surface area contributed by atoms with Crippen LogP contribution in [0.3, 0.4) is 0 Å². The Morgan fingerprint density at radius 1 is 1.44 bits per heavy atom. The van der Waals surface area contributed by atoms with Crippen LogP contribution in [0.4, 0.5) is 0 Å². The molecule has 1 aromatic carbocycles. The van der Waals surface area contributed by atoms with Gasteiger partial charge in [-0.2, -0.15) is 0 Å². The number of carbonyl (C=O) groups is 1. The first kappa shape index (κ1) is 11.0. The molecule has 0 aliphatic carbocycles. The number of aromatic nitrogens is 2. The van der Waals surface area contributed by atoms with Crippen LogP contribution in [0.15, 0.2) is 17.3 Å². The molecule has 2 rings (SSSR count). The van der Waals surface area contributed by atoms with Gasteiger partial charge in [0.05, 0.1) is 17.0 Å². The smallest absolute Gasteiger partial charge is 0.166 e. The number of hydrogen-bond donors (Lipinski definition) is 1. The van der Waals surface area contributed by atoms with Gasteiger partial charge in [0.2, 0.25) is 0 Å². The van der Waals surface area contributed by atoms with Gasteiger partial charge in [-0.1, -0.05) is 11.8 Å². The average Bonchev–Trinajstić information content (AvgIpc) is 2.58. The van der Waals surface area contributed by atoms with Gasteiger partial charge in [-0.15, -0.1) is 0 Å². The van der Waals surface area contributed by atoms with Gasteiger partial charge in [-0.05, 0) is 37.1 Å². The van der Waals surface area contributed by atoms with Crippen LogP contribution in [0.1, 0.15) is 11.1 Å². The van der Waals surface area contributed by atoms with Crippen LogP contribution in [0, 0.1) is 13.8 Å². The number of carboxylic acid groups (broad SMARTS) is 1. The summed E-state index contributed by atoms with van der Waals surface area (Å²) >= 11 is 1.14. The van der Waals surface area contributed by atoms with Crippen molar-refractivity contribution in [2.45, 2.75) is 19.0 Å². The van der Waals surface area contributed by atoms with Gasteiger partial charge < -0.3 is 14.9 Å². The van der Waals surface area contributed by atoms with Crippen molar-refractivity contribution in [2.75, 3.05) is 5.75 Å². The largest absolute Gasteiger partial charge is 0.549 e. The number of carboxylic acids is 1. The summed E-state index contributed by atoms with van der Waals surface area (Å²) in [6.45, 7) is 4.06. The number of nitrogens with zero attached hydrogens (tertiary/aromatic N) is 1. The number of benzene rings is 1.